The molecule has 2 aromatic rings. The average Bonchev–Trinajstić information content (AvgIpc) is 2.92. The molecule has 3 N–H and O–H groups in total. The molecule has 0 spiro atoms. The lowest BCUT2D eigenvalue weighted by Crippen LogP contribution is -3.15. The molecule has 3 atom stereocenters. The number of nitrogens with one attached hydrogen (secondary N) is 3. The van der Waals surface area contributed by atoms with Crippen LogP contribution in [0.4, 0.5) is 5.69 Å². The normalized spacial score (nSPS) is 23.0. The summed E-state index contributed by atoms with van der Waals surface area (Å²) in [6, 6.07) is 5.78. The molecule has 1 unspecified atom stereocenters. The van der Waals surface area contributed by atoms with Gasteiger partial charge in [0.2, 0.25) is 0 Å². The molecule has 1 fully saturated rings. The monoisotopic (exact) mass is 358 g/mol. The van der Waals surface area contributed by atoms with Crippen molar-refractivity contribution in [2.24, 2.45) is 11.8 Å². The number of methoxy groups -OCH3 is 1. The first-order valence-electron chi connectivity index (χ1n) is 9.22. The van der Waals surface area contributed by atoms with E-state index >= 15 is 0 Å². The number of aromatic amines is 1. The van der Waals surface area contributed by atoms with Crippen molar-refractivity contribution in [3.8, 4) is 0 Å². The molecule has 1 aliphatic heterocycles. The number of benzene rings is 1. The van der Waals surface area contributed by atoms with Gasteiger partial charge in [-0.2, -0.15) is 0 Å². The molecule has 140 valence electrons. The highest BCUT2D eigenvalue weighted by molar-refractivity contribution is 6.12. The maximum absolute atomic E-state index is 12.7. The maximum atomic E-state index is 12.7. The SMILES string of the molecule is COC(=O)c1[nH]c2cccc(C)c2c1NC(=O)C[NH+]1C[C@H](C)C[C@H](C)C1. The van der Waals surface area contributed by atoms with Crippen molar-refractivity contribution in [2.75, 3.05) is 32.1 Å². The van der Waals surface area contributed by atoms with Crippen molar-refractivity contribution >= 4 is 28.5 Å². The molecule has 1 aliphatic rings. The van der Waals surface area contributed by atoms with Crippen LogP contribution in [0.5, 0.6) is 0 Å². The molecule has 26 heavy (non-hydrogen) atoms. The summed E-state index contributed by atoms with van der Waals surface area (Å²) in [5.41, 5.74) is 2.62. The molecule has 0 bridgehead atoms. The number of hydrogen-bond donors (Lipinski definition) is 3. The highest BCUT2D eigenvalue weighted by Gasteiger charge is 2.28. The topological polar surface area (TPSA) is 75.6 Å². The van der Waals surface area contributed by atoms with Gasteiger partial charge in [0.15, 0.2) is 6.54 Å². The van der Waals surface area contributed by atoms with E-state index in [1.807, 2.05) is 25.1 Å². The third kappa shape index (κ3) is 3.75. The van der Waals surface area contributed by atoms with Crippen molar-refractivity contribution in [3.63, 3.8) is 0 Å². The number of aromatic nitrogens is 1. The Morgan fingerprint density at radius 1 is 1.27 bits per heavy atom. The number of H-pyrrole nitrogens is 1. The van der Waals surface area contributed by atoms with Gasteiger partial charge in [-0.15, -0.1) is 0 Å². The lowest BCUT2D eigenvalue weighted by atomic mass is 9.92. The zero-order valence-corrected chi connectivity index (χ0v) is 15.9. The van der Waals surface area contributed by atoms with Crippen LogP contribution in [0.1, 0.15) is 36.3 Å². The van der Waals surface area contributed by atoms with Crippen molar-refractivity contribution in [1.29, 1.82) is 0 Å². The number of ether oxygens (including phenoxy) is 1. The predicted octanol–water partition coefficient (Wildman–Crippen LogP) is 1.76. The summed E-state index contributed by atoms with van der Waals surface area (Å²) in [5.74, 6) is 0.698. The fourth-order valence-corrected chi connectivity index (χ4v) is 4.28. The number of fused-ring (bicyclic) bond motifs is 1. The third-order valence-electron chi connectivity index (χ3n) is 5.18. The number of carbonyl (C=O) groups is 2. The van der Waals surface area contributed by atoms with E-state index in [1.165, 1.54) is 18.4 Å². The van der Waals surface area contributed by atoms with E-state index < -0.39 is 5.97 Å². The number of piperidine rings is 1. The van der Waals surface area contributed by atoms with E-state index in [0.29, 0.717) is 29.8 Å². The highest BCUT2D eigenvalue weighted by atomic mass is 16.5. The largest absolute Gasteiger partial charge is 0.464 e. The molecule has 3 rings (SSSR count). The van der Waals surface area contributed by atoms with Gasteiger partial charge in [-0.3, -0.25) is 4.79 Å². The lowest BCUT2D eigenvalue weighted by Gasteiger charge is -2.31. The van der Waals surface area contributed by atoms with Gasteiger partial charge in [-0.25, -0.2) is 4.79 Å². The average molecular weight is 358 g/mol. The molecule has 1 aromatic carbocycles. The number of quaternary nitrogens is 1. The molecular weight excluding hydrogens is 330 g/mol. The molecule has 2 heterocycles. The van der Waals surface area contributed by atoms with Gasteiger partial charge in [-0.1, -0.05) is 26.0 Å². The number of rotatable bonds is 4. The van der Waals surface area contributed by atoms with Crippen LogP contribution in [-0.2, 0) is 9.53 Å². The smallest absolute Gasteiger partial charge is 0.356 e. The van der Waals surface area contributed by atoms with Gasteiger partial charge >= 0.3 is 5.97 Å². The van der Waals surface area contributed by atoms with Crippen molar-refractivity contribution in [3.05, 3.63) is 29.5 Å². The summed E-state index contributed by atoms with van der Waals surface area (Å²) in [6.07, 6.45) is 1.22. The van der Waals surface area contributed by atoms with E-state index in [4.69, 9.17) is 4.74 Å². The Kier molecular flexibility index (Phi) is 5.32. The van der Waals surface area contributed by atoms with Crippen LogP contribution in [0.2, 0.25) is 0 Å². The van der Waals surface area contributed by atoms with Crippen LogP contribution < -0.4 is 10.2 Å². The molecule has 1 saturated heterocycles. The number of aryl methyl sites for hydroxylation is 1. The van der Waals surface area contributed by atoms with Gasteiger partial charge in [-0.05, 0) is 25.0 Å². The second kappa shape index (κ2) is 7.50. The van der Waals surface area contributed by atoms with E-state index in [9.17, 15) is 9.59 Å². The molecule has 0 aliphatic carbocycles. The first-order valence-corrected chi connectivity index (χ1v) is 9.22. The lowest BCUT2D eigenvalue weighted by molar-refractivity contribution is -0.904. The number of anilines is 1. The van der Waals surface area contributed by atoms with Crippen LogP contribution in [0, 0.1) is 18.8 Å². The van der Waals surface area contributed by atoms with Gasteiger partial charge in [0.25, 0.3) is 5.91 Å². The Bertz CT molecular complexity index is 817. The third-order valence-corrected chi connectivity index (χ3v) is 5.18. The molecule has 1 amide bonds. The van der Waals surface area contributed by atoms with Crippen LogP contribution >= 0.6 is 0 Å². The minimum absolute atomic E-state index is 0.0735. The minimum Gasteiger partial charge on any atom is -0.464 e. The van der Waals surface area contributed by atoms with Crippen LogP contribution in [-0.4, -0.2) is 43.6 Å². The fourth-order valence-electron chi connectivity index (χ4n) is 4.28. The first-order chi connectivity index (χ1) is 12.4. The number of amides is 1. The van der Waals surface area contributed by atoms with E-state index in [0.717, 1.165) is 29.6 Å². The first kappa shape index (κ1) is 18.5. The van der Waals surface area contributed by atoms with Gasteiger partial charge < -0.3 is 19.9 Å². The Balaban J connectivity index is 1.85. The maximum Gasteiger partial charge on any atom is 0.356 e. The molecular formula is C20H28N3O3+. The zero-order chi connectivity index (χ0) is 18.8. The second-order valence-corrected chi connectivity index (χ2v) is 7.69. The summed E-state index contributed by atoms with van der Waals surface area (Å²) in [5, 5.41) is 3.83. The molecule has 0 saturated carbocycles. The standard InChI is InChI=1S/C20H27N3O3/c1-12-8-13(2)10-23(9-12)11-16(24)22-18-17-14(3)6-5-7-15(17)21-19(18)20(25)26-4/h5-7,12-13,21H,8-11H2,1-4H3,(H,22,24)/p+1/t12-,13+. The highest BCUT2D eigenvalue weighted by Crippen LogP contribution is 2.31. The summed E-state index contributed by atoms with van der Waals surface area (Å²) in [7, 11) is 1.34. The summed E-state index contributed by atoms with van der Waals surface area (Å²) >= 11 is 0. The van der Waals surface area contributed by atoms with Gasteiger partial charge in [0.05, 0.1) is 25.9 Å². The molecule has 6 heteroatoms. The molecule has 6 nitrogen and oxygen atoms in total. The quantitative estimate of drug-likeness (QED) is 0.729. The van der Waals surface area contributed by atoms with E-state index in [2.05, 4.69) is 24.1 Å². The van der Waals surface area contributed by atoms with Crippen molar-refractivity contribution in [1.82, 2.24) is 4.98 Å². The number of esters is 1. The molecule has 1 aromatic heterocycles. The number of likely N-dealkylation sites (tertiary alicyclic amines) is 1. The summed E-state index contributed by atoms with van der Waals surface area (Å²) in [6.45, 7) is 8.88. The van der Waals surface area contributed by atoms with Crippen LogP contribution in [0.3, 0.4) is 0 Å². The van der Waals surface area contributed by atoms with Crippen LogP contribution in [0.15, 0.2) is 18.2 Å². The number of hydrogen-bond acceptors (Lipinski definition) is 3. The predicted molar refractivity (Wildman–Crippen MR) is 102 cm³/mol. The minimum atomic E-state index is -0.483. The van der Waals surface area contributed by atoms with Crippen LogP contribution in [0.25, 0.3) is 10.9 Å². The second-order valence-electron chi connectivity index (χ2n) is 7.69. The molecule has 0 radical (unpaired) electrons. The van der Waals surface area contributed by atoms with Gasteiger partial charge in [0, 0.05) is 22.7 Å². The van der Waals surface area contributed by atoms with Gasteiger partial charge in [0.1, 0.15) is 5.69 Å². The fraction of sp³-hybridized carbons (Fsp3) is 0.500. The Morgan fingerprint density at radius 2 is 1.96 bits per heavy atom. The van der Waals surface area contributed by atoms with Crippen molar-refractivity contribution < 1.29 is 19.2 Å². The van der Waals surface area contributed by atoms with E-state index in [-0.39, 0.29) is 5.91 Å². The van der Waals surface area contributed by atoms with Crippen molar-refractivity contribution in [2.45, 2.75) is 27.2 Å². The Labute approximate surface area is 153 Å². The summed E-state index contributed by atoms with van der Waals surface area (Å²) in [4.78, 5) is 29.3. The Morgan fingerprint density at radius 3 is 2.62 bits per heavy atom. The van der Waals surface area contributed by atoms with E-state index in [1.54, 1.807) is 0 Å². The summed E-state index contributed by atoms with van der Waals surface area (Å²) < 4.78 is 4.88. The Hall–Kier alpha value is -2.34. The number of carbonyl (C=O) groups excluding carboxylic acids is 2. The zero-order valence-electron chi connectivity index (χ0n) is 15.9.